The maximum absolute atomic E-state index is 5.96. The van der Waals surface area contributed by atoms with Crippen molar-refractivity contribution in [3.8, 4) is 0 Å². The summed E-state index contributed by atoms with van der Waals surface area (Å²) in [5.41, 5.74) is 10.2. The van der Waals surface area contributed by atoms with Crippen LogP contribution >= 0.6 is 0 Å². The van der Waals surface area contributed by atoms with Crippen LogP contribution in [-0.4, -0.2) is 11.5 Å². The number of hydrogen-bond acceptors (Lipinski definition) is 3. The van der Waals surface area contributed by atoms with Gasteiger partial charge in [0, 0.05) is 30.2 Å². The van der Waals surface area contributed by atoms with Gasteiger partial charge in [-0.15, -0.1) is 0 Å². The number of rotatable bonds is 3. The molecule has 0 fully saturated rings. The monoisotopic (exact) mass is 241 g/mol. The van der Waals surface area contributed by atoms with Gasteiger partial charge in [-0.2, -0.15) is 0 Å². The van der Waals surface area contributed by atoms with Crippen LogP contribution < -0.4 is 10.6 Å². The minimum Gasteiger partial charge on any atom is -0.398 e. The van der Waals surface area contributed by atoms with Crippen molar-refractivity contribution in [3.63, 3.8) is 0 Å². The van der Waals surface area contributed by atoms with Gasteiger partial charge in [0.2, 0.25) is 0 Å². The summed E-state index contributed by atoms with van der Waals surface area (Å²) >= 11 is 0. The summed E-state index contributed by atoms with van der Waals surface area (Å²) in [7, 11) is 0. The molecule has 0 aliphatic heterocycles. The second kappa shape index (κ2) is 5.08. The van der Waals surface area contributed by atoms with Gasteiger partial charge in [-0.3, -0.25) is 0 Å². The van der Waals surface area contributed by atoms with E-state index in [9.17, 15) is 0 Å². The molecule has 94 valence electrons. The fraction of sp³-hybridized carbons (Fsp3) is 0.267. The van der Waals surface area contributed by atoms with E-state index in [1.165, 1.54) is 11.3 Å². The number of anilines is 3. The number of hydrogen-bond donors (Lipinski definition) is 1. The van der Waals surface area contributed by atoms with Crippen molar-refractivity contribution in [2.45, 2.75) is 20.8 Å². The molecular formula is C15H19N3. The van der Waals surface area contributed by atoms with Gasteiger partial charge in [0.1, 0.15) is 5.82 Å². The molecule has 0 amide bonds. The maximum Gasteiger partial charge on any atom is 0.134 e. The largest absolute Gasteiger partial charge is 0.398 e. The molecule has 1 heterocycles. The summed E-state index contributed by atoms with van der Waals surface area (Å²) in [6, 6.07) is 10.2. The fourth-order valence-corrected chi connectivity index (χ4v) is 2.00. The molecule has 1 aromatic heterocycles. The molecule has 0 saturated heterocycles. The molecule has 2 rings (SSSR count). The molecule has 0 bridgehead atoms. The highest BCUT2D eigenvalue weighted by Gasteiger charge is 2.11. The summed E-state index contributed by atoms with van der Waals surface area (Å²) < 4.78 is 0. The van der Waals surface area contributed by atoms with E-state index < -0.39 is 0 Å². The highest BCUT2D eigenvalue weighted by Crippen LogP contribution is 2.28. The SMILES string of the molecule is CCN(c1cc(N)c(C)cn1)c1ccccc1C. The Morgan fingerprint density at radius 3 is 2.50 bits per heavy atom. The Morgan fingerprint density at radius 1 is 1.17 bits per heavy atom. The standard InChI is InChI=1S/C15H19N3/c1-4-18(14-8-6-5-7-11(14)2)15-9-13(16)12(3)10-17-15/h5-10H,4H2,1-3H3,(H2,16,17). The van der Waals surface area contributed by atoms with Crippen molar-refractivity contribution in [1.29, 1.82) is 0 Å². The molecule has 0 aliphatic carbocycles. The fourth-order valence-electron chi connectivity index (χ4n) is 2.00. The molecule has 0 spiro atoms. The van der Waals surface area contributed by atoms with Crippen molar-refractivity contribution in [2.75, 3.05) is 17.2 Å². The van der Waals surface area contributed by atoms with Gasteiger partial charge in [-0.25, -0.2) is 4.98 Å². The molecule has 0 radical (unpaired) electrons. The Morgan fingerprint density at radius 2 is 1.89 bits per heavy atom. The van der Waals surface area contributed by atoms with Gasteiger partial charge >= 0.3 is 0 Å². The molecular weight excluding hydrogens is 222 g/mol. The quantitative estimate of drug-likeness (QED) is 0.895. The lowest BCUT2D eigenvalue weighted by Crippen LogP contribution is -2.18. The van der Waals surface area contributed by atoms with Gasteiger partial charge in [0.15, 0.2) is 0 Å². The van der Waals surface area contributed by atoms with Crippen LogP contribution in [0.1, 0.15) is 18.1 Å². The summed E-state index contributed by atoms with van der Waals surface area (Å²) in [6.45, 7) is 7.05. The zero-order valence-corrected chi connectivity index (χ0v) is 11.1. The zero-order chi connectivity index (χ0) is 13.1. The number of nitrogens with zero attached hydrogens (tertiary/aromatic N) is 2. The number of aromatic nitrogens is 1. The number of benzene rings is 1. The third kappa shape index (κ3) is 2.30. The van der Waals surface area contributed by atoms with Crippen molar-refractivity contribution < 1.29 is 0 Å². The summed E-state index contributed by atoms with van der Waals surface area (Å²) in [6.07, 6.45) is 1.82. The number of nitrogen functional groups attached to an aromatic ring is 1. The summed E-state index contributed by atoms with van der Waals surface area (Å²) in [5.74, 6) is 0.898. The van der Waals surface area contributed by atoms with E-state index in [0.29, 0.717) is 0 Å². The molecule has 0 unspecified atom stereocenters. The van der Waals surface area contributed by atoms with Crippen molar-refractivity contribution >= 4 is 17.2 Å². The Hall–Kier alpha value is -2.03. The van der Waals surface area contributed by atoms with Crippen LogP contribution in [0.2, 0.25) is 0 Å². The summed E-state index contributed by atoms with van der Waals surface area (Å²) in [4.78, 5) is 6.65. The van der Waals surface area contributed by atoms with Crippen LogP contribution in [-0.2, 0) is 0 Å². The number of para-hydroxylation sites is 1. The van der Waals surface area contributed by atoms with Crippen LogP contribution in [0.5, 0.6) is 0 Å². The second-order valence-electron chi connectivity index (χ2n) is 4.43. The molecule has 3 heteroatoms. The third-order valence-electron chi connectivity index (χ3n) is 3.13. The highest BCUT2D eigenvalue weighted by atomic mass is 15.2. The average Bonchev–Trinajstić information content (AvgIpc) is 2.37. The molecule has 1 aromatic carbocycles. The Bertz CT molecular complexity index is 549. The first kappa shape index (κ1) is 12.4. The molecule has 3 nitrogen and oxygen atoms in total. The Balaban J connectivity index is 2.45. The van der Waals surface area contributed by atoms with Crippen LogP contribution in [0.25, 0.3) is 0 Å². The van der Waals surface area contributed by atoms with Crippen molar-refractivity contribution in [2.24, 2.45) is 0 Å². The maximum atomic E-state index is 5.96. The predicted molar refractivity (Wildman–Crippen MR) is 77.2 cm³/mol. The van der Waals surface area contributed by atoms with Crippen LogP contribution in [0.3, 0.4) is 0 Å². The first-order chi connectivity index (χ1) is 8.63. The van der Waals surface area contributed by atoms with E-state index in [1.807, 2.05) is 31.3 Å². The van der Waals surface area contributed by atoms with E-state index in [-0.39, 0.29) is 0 Å². The third-order valence-corrected chi connectivity index (χ3v) is 3.13. The summed E-state index contributed by atoms with van der Waals surface area (Å²) in [5, 5.41) is 0. The minimum absolute atomic E-state index is 0.784. The van der Waals surface area contributed by atoms with Gasteiger partial charge in [0.05, 0.1) is 0 Å². The van der Waals surface area contributed by atoms with E-state index in [4.69, 9.17) is 5.73 Å². The van der Waals surface area contributed by atoms with Crippen LogP contribution in [0, 0.1) is 13.8 Å². The van der Waals surface area contributed by atoms with Crippen LogP contribution in [0.4, 0.5) is 17.2 Å². The van der Waals surface area contributed by atoms with E-state index in [1.54, 1.807) is 0 Å². The lowest BCUT2D eigenvalue weighted by molar-refractivity contribution is 0.981. The lowest BCUT2D eigenvalue weighted by Gasteiger charge is -2.24. The van der Waals surface area contributed by atoms with Gasteiger partial charge < -0.3 is 10.6 Å². The zero-order valence-electron chi connectivity index (χ0n) is 11.1. The van der Waals surface area contributed by atoms with Gasteiger partial charge in [0.25, 0.3) is 0 Å². The highest BCUT2D eigenvalue weighted by molar-refractivity contribution is 5.66. The molecule has 2 N–H and O–H groups in total. The Kier molecular flexibility index (Phi) is 3.51. The number of pyridine rings is 1. The Labute approximate surface area is 108 Å². The van der Waals surface area contributed by atoms with Crippen molar-refractivity contribution in [3.05, 3.63) is 47.7 Å². The lowest BCUT2D eigenvalue weighted by atomic mass is 10.1. The first-order valence-corrected chi connectivity index (χ1v) is 6.18. The van der Waals surface area contributed by atoms with Crippen LogP contribution in [0.15, 0.2) is 36.5 Å². The number of aryl methyl sites for hydroxylation is 2. The van der Waals surface area contributed by atoms with E-state index in [0.717, 1.165) is 23.6 Å². The second-order valence-corrected chi connectivity index (χ2v) is 4.43. The topological polar surface area (TPSA) is 42.1 Å². The van der Waals surface area contributed by atoms with E-state index in [2.05, 4.69) is 35.9 Å². The molecule has 0 saturated carbocycles. The smallest absolute Gasteiger partial charge is 0.134 e. The van der Waals surface area contributed by atoms with Gasteiger partial charge in [-0.1, -0.05) is 18.2 Å². The minimum atomic E-state index is 0.784. The normalized spacial score (nSPS) is 10.4. The van der Waals surface area contributed by atoms with Gasteiger partial charge in [-0.05, 0) is 38.0 Å². The first-order valence-electron chi connectivity index (χ1n) is 6.18. The van der Waals surface area contributed by atoms with Crippen molar-refractivity contribution in [1.82, 2.24) is 4.98 Å². The predicted octanol–water partition coefficient (Wildman–Crippen LogP) is 3.44. The average molecular weight is 241 g/mol. The molecule has 2 aromatic rings. The van der Waals surface area contributed by atoms with E-state index >= 15 is 0 Å². The molecule has 0 aliphatic rings. The number of nitrogens with two attached hydrogens (primary N) is 1. The molecule has 0 atom stereocenters. The molecule has 18 heavy (non-hydrogen) atoms.